The number of amides is 1. The lowest BCUT2D eigenvalue weighted by Crippen LogP contribution is -2.34. The first-order chi connectivity index (χ1) is 10.1. The van der Waals surface area contributed by atoms with Crippen LogP contribution < -0.4 is 15.6 Å². The van der Waals surface area contributed by atoms with Crippen molar-refractivity contribution < 1.29 is 9.53 Å². The molecule has 1 N–H and O–H groups in total. The van der Waals surface area contributed by atoms with Crippen LogP contribution in [-0.4, -0.2) is 28.8 Å². The van der Waals surface area contributed by atoms with Crippen LogP contribution in [0.3, 0.4) is 0 Å². The van der Waals surface area contributed by atoms with Crippen molar-refractivity contribution in [2.75, 3.05) is 13.2 Å². The summed E-state index contributed by atoms with van der Waals surface area (Å²) >= 11 is 5.75. The Kier molecular flexibility index (Phi) is 5.34. The first kappa shape index (κ1) is 15.1. The largest absolute Gasteiger partial charge is 0.484 e. The minimum Gasteiger partial charge on any atom is -0.484 e. The molecule has 0 saturated carbocycles. The Morgan fingerprint density at radius 3 is 2.76 bits per heavy atom. The Labute approximate surface area is 126 Å². The van der Waals surface area contributed by atoms with Crippen molar-refractivity contribution in [1.29, 1.82) is 0 Å². The number of halogens is 1. The minimum atomic E-state index is -0.270. The fourth-order valence-corrected chi connectivity index (χ4v) is 1.71. The van der Waals surface area contributed by atoms with Crippen molar-refractivity contribution >= 4 is 17.5 Å². The quantitative estimate of drug-likeness (QED) is 0.867. The van der Waals surface area contributed by atoms with E-state index < -0.39 is 0 Å². The smallest absolute Gasteiger partial charge is 0.266 e. The Bertz CT molecular complexity index is 655. The van der Waals surface area contributed by atoms with Crippen LogP contribution in [0.5, 0.6) is 5.75 Å². The number of rotatable bonds is 6. The summed E-state index contributed by atoms with van der Waals surface area (Å²) in [4.78, 5) is 23.0. The highest BCUT2D eigenvalue weighted by Crippen LogP contribution is 2.15. The third-order valence-corrected chi connectivity index (χ3v) is 2.87. The van der Waals surface area contributed by atoms with Gasteiger partial charge in [0.05, 0.1) is 6.54 Å². The number of benzene rings is 1. The first-order valence-electron chi connectivity index (χ1n) is 6.32. The lowest BCUT2D eigenvalue weighted by molar-refractivity contribution is -0.123. The van der Waals surface area contributed by atoms with Crippen LogP contribution in [0.15, 0.2) is 47.4 Å². The zero-order valence-electron chi connectivity index (χ0n) is 11.2. The van der Waals surface area contributed by atoms with Crippen LogP contribution in [0, 0.1) is 0 Å². The fraction of sp³-hybridized carbons (Fsp3) is 0.214. The van der Waals surface area contributed by atoms with E-state index in [0.717, 1.165) is 0 Å². The van der Waals surface area contributed by atoms with E-state index in [4.69, 9.17) is 16.3 Å². The maximum atomic E-state index is 11.6. The maximum Gasteiger partial charge on any atom is 0.266 e. The van der Waals surface area contributed by atoms with Crippen molar-refractivity contribution in [1.82, 2.24) is 15.1 Å². The van der Waals surface area contributed by atoms with Gasteiger partial charge in [0.25, 0.3) is 11.5 Å². The second-order valence-corrected chi connectivity index (χ2v) is 4.61. The van der Waals surface area contributed by atoms with Crippen LogP contribution in [-0.2, 0) is 11.3 Å². The summed E-state index contributed by atoms with van der Waals surface area (Å²) in [6, 6.07) is 9.71. The lowest BCUT2D eigenvalue weighted by Gasteiger charge is -2.08. The summed E-state index contributed by atoms with van der Waals surface area (Å²) in [6.45, 7) is 0.519. The molecule has 6 nitrogen and oxygen atoms in total. The molecule has 1 aromatic carbocycles. The van der Waals surface area contributed by atoms with Gasteiger partial charge in [-0.05, 0) is 30.3 Å². The number of aromatic nitrogens is 2. The molecular weight excluding hydrogens is 294 g/mol. The van der Waals surface area contributed by atoms with Gasteiger partial charge in [0.1, 0.15) is 5.75 Å². The maximum absolute atomic E-state index is 11.6. The number of hydrogen-bond acceptors (Lipinski definition) is 4. The molecule has 0 aliphatic carbocycles. The fourth-order valence-electron chi connectivity index (χ4n) is 1.59. The first-order valence-corrected chi connectivity index (χ1v) is 6.70. The van der Waals surface area contributed by atoms with E-state index in [1.54, 1.807) is 30.3 Å². The van der Waals surface area contributed by atoms with Crippen molar-refractivity contribution in [3.8, 4) is 5.75 Å². The molecule has 21 heavy (non-hydrogen) atoms. The molecular formula is C14H14ClN3O3. The molecule has 0 radical (unpaired) electrons. The van der Waals surface area contributed by atoms with Crippen LogP contribution >= 0.6 is 11.6 Å². The molecule has 0 unspecified atom stereocenters. The van der Waals surface area contributed by atoms with Crippen molar-refractivity contribution in [2.45, 2.75) is 6.54 Å². The number of nitrogens with one attached hydrogen (secondary N) is 1. The van der Waals surface area contributed by atoms with Gasteiger partial charge in [-0.25, -0.2) is 4.68 Å². The van der Waals surface area contributed by atoms with Crippen molar-refractivity contribution in [3.63, 3.8) is 0 Å². The summed E-state index contributed by atoms with van der Waals surface area (Å²) < 4.78 is 6.57. The van der Waals surface area contributed by atoms with Gasteiger partial charge in [-0.1, -0.05) is 11.6 Å². The summed E-state index contributed by atoms with van der Waals surface area (Å²) in [7, 11) is 0. The number of carbonyl (C=O) groups is 1. The average Bonchev–Trinajstić information content (AvgIpc) is 2.49. The third-order valence-electron chi connectivity index (χ3n) is 2.61. The van der Waals surface area contributed by atoms with E-state index >= 15 is 0 Å². The normalized spacial score (nSPS) is 10.1. The molecule has 0 aliphatic rings. The van der Waals surface area contributed by atoms with Gasteiger partial charge < -0.3 is 10.1 Å². The van der Waals surface area contributed by atoms with Crippen molar-refractivity contribution in [3.05, 3.63) is 58.0 Å². The Morgan fingerprint density at radius 1 is 1.29 bits per heavy atom. The summed E-state index contributed by atoms with van der Waals surface area (Å²) in [5, 5.41) is 7.14. The molecule has 1 heterocycles. The van der Waals surface area contributed by atoms with E-state index in [0.29, 0.717) is 23.9 Å². The molecule has 0 bridgehead atoms. The molecule has 2 aromatic rings. The molecule has 0 atom stereocenters. The molecule has 2 rings (SSSR count). The van der Waals surface area contributed by atoms with Crippen LogP contribution in [0.4, 0.5) is 0 Å². The molecule has 0 saturated heterocycles. The highest BCUT2D eigenvalue weighted by molar-refractivity contribution is 6.30. The standard InChI is InChI=1S/C14H14ClN3O3/c15-11-3-5-12(6-4-11)21-10-13(19)16-8-9-18-14(20)2-1-7-17-18/h1-7H,8-10H2,(H,16,19). The zero-order chi connectivity index (χ0) is 15.1. The molecule has 7 heteroatoms. The number of ether oxygens (including phenoxy) is 1. The Hall–Kier alpha value is -2.34. The third kappa shape index (κ3) is 4.92. The Morgan fingerprint density at radius 2 is 2.05 bits per heavy atom. The van der Waals surface area contributed by atoms with Crippen LogP contribution in [0.2, 0.25) is 5.02 Å². The van der Waals surface area contributed by atoms with Crippen LogP contribution in [0.25, 0.3) is 0 Å². The monoisotopic (exact) mass is 307 g/mol. The van der Waals surface area contributed by atoms with E-state index in [1.165, 1.54) is 16.9 Å². The summed E-state index contributed by atoms with van der Waals surface area (Å²) in [5.74, 6) is 0.296. The summed E-state index contributed by atoms with van der Waals surface area (Å²) in [5.41, 5.74) is -0.204. The highest BCUT2D eigenvalue weighted by atomic mass is 35.5. The molecule has 0 fully saturated rings. The SMILES string of the molecule is O=C(COc1ccc(Cl)cc1)NCCn1ncccc1=O. The number of carbonyl (C=O) groups excluding carboxylic acids is 1. The summed E-state index contributed by atoms with van der Waals surface area (Å²) in [6.07, 6.45) is 1.52. The van der Waals surface area contributed by atoms with Gasteiger partial charge in [0.2, 0.25) is 0 Å². The Balaban J connectivity index is 1.71. The minimum absolute atomic E-state index is 0.0985. The van der Waals surface area contributed by atoms with E-state index in [9.17, 15) is 9.59 Å². The van der Waals surface area contributed by atoms with E-state index in [2.05, 4.69) is 10.4 Å². The van der Waals surface area contributed by atoms with Gasteiger partial charge in [0.15, 0.2) is 6.61 Å². The van der Waals surface area contributed by atoms with Gasteiger partial charge in [0, 0.05) is 23.8 Å². The lowest BCUT2D eigenvalue weighted by atomic mass is 10.3. The van der Waals surface area contributed by atoms with E-state index in [1.807, 2.05) is 0 Å². The highest BCUT2D eigenvalue weighted by Gasteiger charge is 2.03. The van der Waals surface area contributed by atoms with Gasteiger partial charge in [-0.2, -0.15) is 5.10 Å². The van der Waals surface area contributed by atoms with Gasteiger partial charge >= 0.3 is 0 Å². The van der Waals surface area contributed by atoms with Gasteiger partial charge in [-0.15, -0.1) is 0 Å². The zero-order valence-corrected chi connectivity index (χ0v) is 11.9. The molecule has 110 valence electrons. The second kappa shape index (κ2) is 7.44. The number of nitrogens with zero attached hydrogens (tertiary/aromatic N) is 2. The van der Waals surface area contributed by atoms with Gasteiger partial charge in [-0.3, -0.25) is 9.59 Å². The van der Waals surface area contributed by atoms with E-state index in [-0.39, 0.29) is 18.1 Å². The predicted octanol–water partition coefficient (Wildman–Crippen LogP) is 1.09. The van der Waals surface area contributed by atoms with Crippen LogP contribution in [0.1, 0.15) is 0 Å². The van der Waals surface area contributed by atoms with Crippen molar-refractivity contribution in [2.24, 2.45) is 0 Å². The molecule has 1 amide bonds. The molecule has 1 aromatic heterocycles. The predicted molar refractivity (Wildman–Crippen MR) is 78.5 cm³/mol. The topological polar surface area (TPSA) is 73.2 Å². The number of hydrogen-bond donors (Lipinski definition) is 1. The molecule has 0 spiro atoms. The second-order valence-electron chi connectivity index (χ2n) is 4.18. The average molecular weight is 308 g/mol. The molecule has 0 aliphatic heterocycles.